The second-order valence-corrected chi connectivity index (χ2v) is 7.67. The van der Waals surface area contributed by atoms with Gasteiger partial charge in [0.05, 0.1) is 11.3 Å². The van der Waals surface area contributed by atoms with Gasteiger partial charge in [-0.05, 0) is 18.1 Å². The number of nitrogens with one attached hydrogen (secondary N) is 1. The maximum Gasteiger partial charge on any atom is 0.273 e. The highest BCUT2D eigenvalue weighted by atomic mass is 16.6. The normalized spacial score (nSPS) is 11.4. The number of carbonyl (C=O) groups excluding carboxylic acids is 2. The molecule has 1 atom stereocenters. The lowest BCUT2D eigenvalue weighted by Crippen LogP contribution is -2.51. The Balaban J connectivity index is 1.97. The summed E-state index contributed by atoms with van der Waals surface area (Å²) in [5.41, 5.74) is 2.00. The summed E-state index contributed by atoms with van der Waals surface area (Å²) in [6.45, 7) is 2.48. The van der Waals surface area contributed by atoms with Gasteiger partial charge < -0.3 is 10.2 Å². The summed E-state index contributed by atoms with van der Waals surface area (Å²) in [6.07, 6.45) is 0.164. The Morgan fingerprint density at radius 1 is 0.909 bits per heavy atom. The quantitative estimate of drug-likeness (QED) is 0.378. The molecule has 0 fully saturated rings. The van der Waals surface area contributed by atoms with Crippen molar-refractivity contribution in [3.05, 3.63) is 112 Å². The number of likely N-dealkylation sites (N-methyl/N-ethyl adjacent to an activating group) is 1. The van der Waals surface area contributed by atoms with E-state index in [4.69, 9.17) is 0 Å². The van der Waals surface area contributed by atoms with E-state index in [0.717, 1.165) is 11.1 Å². The Bertz CT molecular complexity index is 1090. The molecule has 0 saturated heterocycles. The number of rotatable bonds is 10. The molecule has 1 N–H and O–H groups in total. The van der Waals surface area contributed by atoms with Gasteiger partial charge in [-0.25, -0.2) is 0 Å². The Kier molecular flexibility index (Phi) is 8.30. The van der Waals surface area contributed by atoms with Crippen LogP contribution < -0.4 is 5.32 Å². The van der Waals surface area contributed by atoms with Crippen LogP contribution in [0.5, 0.6) is 0 Å². The van der Waals surface area contributed by atoms with E-state index in [9.17, 15) is 19.7 Å². The van der Waals surface area contributed by atoms with Crippen molar-refractivity contribution >= 4 is 17.5 Å². The minimum Gasteiger partial charge on any atom is -0.355 e. The highest BCUT2D eigenvalue weighted by Crippen LogP contribution is 2.21. The molecule has 0 radical (unpaired) electrons. The molecule has 33 heavy (non-hydrogen) atoms. The molecule has 7 heteroatoms. The lowest BCUT2D eigenvalue weighted by molar-refractivity contribution is -0.385. The molecule has 1 unspecified atom stereocenters. The number of benzene rings is 3. The number of nitro groups is 1. The summed E-state index contributed by atoms with van der Waals surface area (Å²) in [5.74, 6) is -0.603. The van der Waals surface area contributed by atoms with Crippen LogP contribution >= 0.6 is 0 Å². The van der Waals surface area contributed by atoms with Gasteiger partial charge in [0.15, 0.2) is 0 Å². The zero-order chi connectivity index (χ0) is 23.6. The second-order valence-electron chi connectivity index (χ2n) is 7.67. The number of amides is 2. The molecule has 0 heterocycles. The van der Waals surface area contributed by atoms with Crippen molar-refractivity contribution in [1.29, 1.82) is 0 Å². The first-order valence-corrected chi connectivity index (χ1v) is 10.9. The summed E-state index contributed by atoms with van der Waals surface area (Å²) in [4.78, 5) is 39.1. The smallest absolute Gasteiger partial charge is 0.273 e. The maximum absolute atomic E-state index is 13.6. The standard InChI is InChI=1S/C26H27N3O4/c1-2-27-26(31)24(17-20-11-5-3-6-12-20)28(19-21-13-7-4-8-14-21)25(30)18-22-15-9-10-16-23(22)29(32)33/h3-16,24H,2,17-19H2,1H3,(H,27,31). The zero-order valence-electron chi connectivity index (χ0n) is 18.5. The van der Waals surface area contributed by atoms with Crippen LogP contribution in [0.4, 0.5) is 5.69 Å². The summed E-state index contributed by atoms with van der Waals surface area (Å²) in [7, 11) is 0. The minimum absolute atomic E-state index is 0.108. The molecule has 0 bridgehead atoms. The van der Waals surface area contributed by atoms with Crippen LogP contribution in [-0.2, 0) is 29.0 Å². The van der Waals surface area contributed by atoms with Gasteiger partial charge in [-0.1, -0.05) is 78.9 Å². The van der Waals surface area contributed by atoms with Gasteiger partial charge in [-0.15, -0.1) is 0 Å². The molecule has 0 aliphatic heterocycles. The van der Waals surface area contributed by atoms with E-state index < -0.39 is 11.0 Å². The van der Waals surface area contributed by atoms with Crippen LogP contribution in [-0.4, -0.2) is 34.2 Å². The maximum atomic E-state index is 13.6. The first-order chi connectivity index (χ1) is 16.0. The van der Waals surface area contributed by atoms with Crippen LogP contribution in [0.25, 0.3) is 0 Å². The van der Waals surface area contributed by atoms with Gasteiger partial charge in [-0.3, -0.25) is 19.7 Å². The number of hydrogen-bond acceptors (Lipinski definition) is 4. The zero-order valence-corrected chi connectivity index (χ0v) is 18.5. The fraction of sp³-hybridized carbons (Fsp3) is 0.231. The Morgan fingerprint density at radius 2 is 1.48 bits per heavy atom. The van der Waals surface area contributed by atoms with E-state index in [2.05, 4.69) is 5.32 Å². The summed E-state index contributed by atoms with van der Waals surface area (Å²) < 4.78 is 0. The SMILES string of the molecule is CCNC(=O)C(Cc1ccccc1)N(Cc1ccccc1)C(=O)Cc1ccccc1[N+](=O)[O-]. The lowest BCUT2D eigenvalue weighted by atomic mass is 10.0. The average molecular weight is 446 g/mol. The van der Waals surface area contributed by atoms with Gasteiger partial charge >= 0.3 is 0 Å². The van der Waals surface area contributed by atoms with Gasteiger partial charge in [0.25, 0.3) is 5.69 Å². The highest BCUT2D eigenvalue weighted by molar-refractivity contribution is 5.89. The predicted molar refractivity (Wildman–Crippen MR) is 126 cm³/mol. The fourth-order valence-corrected chi connectivity index (χ4v) is 3.73. The number of hydrogen-bond donors (Lipinski definition) is 1. The van der Waals surface area contributed by atoms with E-state index in [1.807, 2.05) is 67.6 Å². The molecule has 170 valence electrons. The Hall–Kier alpha value is -4.00. The molecule has 0 spiro atoms. The average Bonchev–Trinajstić information content (AvgIpc) is 2.83. The molecule has 2 amide bonds. The molecule has 3 aromatic carbocycles. The molecule has 3 aromatic rings. The summed E-state index contributed by atoms with van der Waals surface area (Å²) >= 11 is 0. The Labute approximate surface area is 193 Å². The van der Waals surface area contributed by atoms with Gasteiger partial charge in [-0.2, -0.15) is 0 Å². The lowest BCUT2D eigenvalue weighted by Gasteiger charge is -2.31. The fourth-order valence-electron chi connectivity index (χ4n) is 3.73. The van der Waals surface area contributed by atoms with Crippen molar-refractivity contribution in [1.82, 2.24) is 10.2 Å². The molecule has 3 rings (SSSR count). The van der Waals surface area contributed by atoms with Gasteiger partial charge in [0.1, 0.15) is 6.04 Å². The van der Waals surface area contributed by atoms with Crippen LogP contribution in [0.2, 0.25) is 0 Å². The molecular formula is C26H27N3O4. The van der Waals surface area contributed by atoms with Crippen molar-refractivity contribution in [3.8, 4) is 0 Å². The molecule has 0 aromatic heterocycles. The summed E-state index contributed by atoms with van der Waals surface area (Å²) in [5, 5.41) is 14.3. The predicted octanol–water partition coefficient (Wildman–Crippen LogP) is 3.91. The van der Waals surface area contributed by atoms with Crippen molar-refractivity contribution in [2.75, 3.05) is 6.54 Å². The highest BCUT2D eigenvalue weighted by Gasteiger charge is 2.31. The van der Waals surface area contributed by atoms with Crippen molar-refractivity contribution in [3.63, 3.8) is 0 Å². The molecular weight excluding hydrogens is 418 g/mol. The van der Waals surface area contributed by atoms with Crippen molar-refractivity contribution < 1.29 is 14.5 Å². The van der Waals surface area contributed by atoms with Crippen LogP contribution in [0.3, 0.4) is 0 Å². The third-order valence-corrected chi connectivity index (χ3v) is 5.35. The van der Waals surface area contributed by atoms with E-state index in [-0.39, 0.29) is 30.5 Å². The van der Waals surface area contributed by atoms with Crippen molar-refractivity contribution in [2.24, 2.45) is 0 Å². The number of carbonyl (C=O) groups is 2. The topological polar surface area (TPSA) is 92.6 Å². The monoisotopic (exact) mass is 445 g/mol. The van der Waals surface area contributed by atoms with Gasteiger partial charge in [0, 0.05) is 31.1 Å². The molecule has 0 saturated carbocycles. The third kappa shape index (κ3) is 6.49. The van der Waals surface area contributed by atoms with Crippen molar-refractivity contribution in [2.45, 2.75) is 32.4 Å². The minimum atomic E-state index is -0.761. The van der Waals surface area contributed by atoms with Crippen LogP contribution in [0.1, 0.15) is 23.6 Å². The first kappa shape index (κ1) is 23.7. The van der Waals surface area contributed by atoms with Crippen LogP contribution in [0, 0.1) is 10.1 Å². The van der Waals surface area contributed by atoms with Gasteiger partial charge in [0.2, 0.25) is 11.8 Å². The van der Waals surface area contributed by atoms with Crippen LogP contribution in [0.15, 0.2) is 84.9 Å². The Morgan fingerprint density at radius 3 is 2.09 bits per heavy atom. The van der Waals surface area contributed by atoms with E-state index >= 15 is 0 Å². The molecule has 0 aliphatic rings. The molecule has 0 aliphatic carbocycles. The third-order valence-electron chi connectivity index (χ3n) is 5.35. The second kappa shape index (κ2) is 11.6. The first-order valence-electron chi connectivity index (χ1n) is 10.9. The number of para-hydroxylation sites is 1. The van der Waals surface area contributed by atoms with E-state index in [1.54, 1.807) is 18.2 Å². The molecule has 7 nitrogen and oxygen atoms in total. The van der Waals surface area contributed by atoms with E-state index in [1.165, 1.54) is 11.0 Å². The number of nitrogens with zero attached hydrogens (tertiary/aromatic N) is 2. The number of nitro benzene ring substituents is 1. The van der Waals surface area contributed by atoms with E-state index in [0.29, 0.717) is 18.5 Å². The largest absolute Gasteiger partial charge is 0.355 e. The summed E-state index contributed by atoms with van der Waals surface area (Å²) in [6, 6.07) is 24.4.